The van der Waals surface area contributed by atoms with E-state index in [1.807, 2.05) is 48.2 Å². The van der Waals surface area contributed by atoms with Gasteiger partial charge in [0.2, 0.25) is 11.7 Å². The molecule has 2 fully saturated rings. The van der Waals surface area contributed by atoms with Gasteiger partial charge >= 0.3 is 6.18 Å². The SMILES string of the molecule is CCc1c(N2CCN(C(=O)c3ncnc(C)c3OCc3ccccc3)CC2)c(=O)n2nc(C=C3CCCC3)nc2n1CC(=O)Nc1ccc(C(F)(F)F)cc1Cl. The second-order valence-electron chi connectivity index (χ2n) is 13.7. The van der Waals surface area contributed by atoms with E-state index >= 15 is 0 Å². The number of ether oxygens (including phenoxy) is 1. The molecule has 2 aliphatic rings. The van der Waals surface area contributed by atoms with Crippen LogP contribution in [0.3, 0.4) is 0 Å². The van der Waals surface area contributed by atoms with E-state index in [9.17, 15) is 27.6 Å². The molecule has 0 radical (unpaired) electrons. The van der Waals surface area contributed by atoms with E-state index in [4.69, 9.17) is 16.3 Å². The normalized spacial score (nSPS) is 14.7. The standard InChI is InChI=1S/C39H39ClF3N9O4/c1-3-30-34(49-15-17-50(18-16-49)36(54)33-35(24(2)44-23-45-33)56-22-26-11-5-4-6-12-26)37(55)52-38(47-31(48-52)19-25-9-7-8-10-25)51(30)21-32(53)46-29-14-13-27(20-28(29)40)39(41,42)43/h4-6,11-14,19-20,23H,3,7-10,15-18,21-22H2,1-2H3,(H,46,53). The minimum atomic E-state index is -4.60. The quantitative estimate of drug-likeness (QED) is 0.171. The summed E-state index contributed by atoms with van der Waals surface area (Å²) in [6.45, 7) is 4.55. The first-order valence-electron chi connectivity index (χ1n) is 18.3. The molecule has 56 heavy (non-hydrogen) atoms. The Bertz CT molecular complexity index is 2360. The number of benzene rings is 2. The summed E-state index contributed by atoms with van der Waals surface area (Å²) in [5.41, 5.74) is 2.20. The van der Waals surface area contributed by atoms with Crippen LogP contribution >= 0.6 is 11.6 Å². The van der Waals surface area contributed by atoms with Crippen LogP contribution in [0, 0.1) is 6.92 Å². The fourth-order valence-electron chi connectivity index (χ4n) is 7.09. The number of piperazine rings is 1. The minimum Gasteiger partial charge on any atom is -0.485 e. The second-order valence-corrected chi connectivity index (χ2v) is 14.1. The molecule has 1 N–H and O–H groups in total. The highest BCUT2D eigenvalue weighted by molar-refractivity contribution is 6.33. The van der Waals surface area contributed by atoms with E-state index in [0.29, 0.717) is 35.1 Å². The number of hydrogen-bond donors (Lipinski definition) is 1. The average Bonchev–Trinajstić information content (AvgIpc) is 3.86. The van der Waals surface area contributed by atoms with Crippen molar-refractivity contribution in [2.24, 2.45) is 0 Å². The molecule has 7 rings (SSSR count). The number of allylic oxidation sites excluding steroid dienone is 1. The molecular formula is C39H39ClF3N9O4. The molecule has 4 heterocycles. The number of fused-ring (bicyclic) bond motifs is 1. The molecule has 2 amide bonds. The first kappa shape index (κ1) is 38.5. The van der Waals surface area contributed by atoms with Crippen molar-refractivity contribution < 1.29 is 27.5 Å². The first-order valence-corrected chi connectivity index (χ1v) is 18.7. The Morgan fingerprint density at radius 2 is 1.75 bits per heavy atom. The second kappa shape index (κ2) is 16.1. The Kier molecular flexibility index (Phi) is 11.1. The molecule has 292 valence electrons. The van der Waals surface area contributed by atoms with Gasteiger partial charge < -0.3 is 24.4 Å². The Balaban J connectivity index is 1.17. The van der Waals surface area contributed by atoms with Crippen molar-refractivity contribution in [1.29, 1.82) is 0 Å². The van der Waals surface area contributed by atoms with Crippen LogP contribution in [-0.2, 0) is 30.5 Å². The summed E-state index contributed by atoms with van der Waals surface area (Å²) in [7, 11) is 0. The molecule has 17 heteroatoms. The number of aryl methyl sites for hydroxylation is 1. The van der Waals surface area contributed by atoms with Crippen LogP contribution < -0.4 is 20.5 Å². The van der Waals surface area contributed by atoms with Crippen molar-refractivity contribution in [2.75, 3.05) is 36.4 Å². The number of aromatic nitrogens is 6. The van der Waals surface area contributed by atoms with Gasteiger partial charge in [0.25, 0.3) is 11.5 Å². The lowest BCUT2D eigenvalue weighted by atomic mass is 10.2. The van der Waals surface area contributed by atoms with E-state index in [0.717, 1.165) is 49.4 Å². The third-order valence-corrected chi connectivity index (χ3v) is 10.2. The van der Waals surface area contributed by atoms with Gasteiger partial charge in [-0.1, -0.05) is 54.4 Å². The number of carbonyl (C=O) groups excluding carboxylic acids is 2. The maximum Gasteiger partial charge on any atom is 0.416 e. The molecule has 3 aromatic heterocycles. The predicted molar refractivity (Wildman–Crippen MR) is 204 cm³/mol. The maximum atomic E-state index is 14.3. The highest BCUT2D eigenvalue weighted by Crippen LogP contribution is 2.34. The maximum absolute atomic E-state index is 14.3. The van der Waals surface area contributed by atoms with Gasteiger partial charge in [-0.25, -0.2) is 9.97 Å². The monoisotopic (exact) mass is 789 g/mol. The van der Waals surface area contributed by atoms with Gasteiger partial charge in [0, 0.05) is 26.2 Å². The van der Waals surface area contributed by atoms with Crippen LogP contribution in [0.1, 0.15) is 71.4 Å². The Labute approximate surface area is 324 Å². The number of halogens is 4. The third-order valence-electron chi connectivity index (χ3n) is 9.92. The lowest BCUT2D eigenvalue weighted by molar-refractivity contribution is -0.137. The lowest BCUT2D eigenvalue weighted by Gasteiger charge is -2.36. The van der Waals surface area contributed by atoms with Gasteiger partial charge in [-0.2, -0.15) is 22.7 Å². The summed E-state index contributed by atoms with van der Waals surface area (Å²) in [5, 5.41) is 6.89. The van der Waals surface area contributed by atoms with Gasteiger partial charge in [0.1, 0.15) is 25.2 Å². The average molecular weight is 790 g/mol. The molecule has 13 nitrogen and oxygen atoms in total. The number of nitrogens with zero attached hydrogens (tertiary/aromatic N) is 8. The van der Waals surface area contributed by atoms with Crippen LogP contribution in [0.25, 0.3) is 11.9 Å². The largest absolute Gasteiger partial charge is 0.485 e. The van der Waals surface area contributed by atoms with Crippen molar-refractivity contribution >= 4 is 46.6 Å². The van der Waals surface area contributed by atoms with Crippen molar-refractivity contribution in [1.82, 2.24) is 34.0 Å². The summed E-state index contributed by atoms with van der Waals surface area (Å²) in [6, 6.07) is 12.2. The van der Waals surface area contributed by atoms with Crippen LogP contribution in [0.4, 0.5) is 24.5 Å². The van der Waals surface area contributed by atoms with Crippen LogP contribution in [0.5, 0.6) is 5.75 Å². The minimum absolute atomic E-state index is 0.00131. The summed E-state index contributed by atoms with van der Waals surface area (Å²) < 4.78 is 48.6. The van der Waals surface area contributed by atoms with Crippen molar-refractivity contribution in [3.8, 4) is 5.75 Å². The number of carbonyl (C=O) groups is 2. The summed E-state index contributed by atoms with van der Waals surface area (Å²) >= 11 is 6.15. The molecule has 0 spiro atoms. The zero-order valence-electron chi connectivity index (χ0n) is 30.8. The highest BCUT2D eigenvalue weighted by atomic mass is 35.5. The van der Waals surface area contributed by atoms with Crippen molar-refractivity contribution in [3.63, 3.8) is 0 Å². The molecule has 1 aliphatic heterocycles. The Hall–Kier alpha value is -5.77. The topological polar surface area (TPSA) is 140 Å². The van der Waals surface area contributed by atoms with E-state index in [1.54, 1.807) is 16.4 Å². The number of rotatable bonds is 10. The molecular weight excluding hydrogens is 751 g/mol. The molecule has 0 atom stereocenters. The van der Waals surface area contributed by atoms with Crippen LogP contribution in [0.2, 0.25) is 5.02 Å². The number of alkyl halides is 3. The lowest BCUT2D eigenvalue weighted by Crippen LogP contribution is -2.51. The number of anilines is 2. The molecule has 0 unspecified atom stereocenters. The highest BCUT2D eigenvalue weighted by Gasteiger charge is 2.32. The Morgan fingerprint density at radius 1 is 1.02 bits per heavy atom. The van der Waals surface area contributed by atoms with Crippen LogP contribution in [0.15, 0.2) is 65.2 Å². The third kappa shape index (κ3) is 8.10. The zero-order valence-corrected chi connectivity index (χ0v) is 31.5. The fraction of sp³-hybridized carbons (Fsp3) is 0.359. The van der Waals surface area contributed by atoms with Gasteiger partial charge in [0.05, 0.1) is 27.7 Å². The van der Waals surface area contributed by atoms with E-state index in [-0.39, 0.29) is 67.4 Å². The van der Waals surface area contributed by atoms with Gasteiger partial charge in [-0.3, -0.25) is 14.4 Å². The van der Waals surface area contributed by atoms with Gasteiger partial charge in [-0.15, -0.1) is 5.10 Å². The fourth-order valence-corrected chi connectivity index (χ4v) is 7.32. The van der Waals surface area contributed by atoms with Crippen LogP contribution in [-0.4, -0.2) is 72.0 Å². The van der Waals surface area contributed by atoms with E-state index in [1.165, 1.54) is 16.4 Å². The first-order chi connectivity index (χ1) is 26.9. The summed E-state index contributed by atoms with van der Waals surface area (Å²) in [4.78, 5) is 58.5. The molecule has 0 bridgehead atoms. The van der Waals surface area contributed by atoms with E-state index in [2.05, 4.69) is 25.4 Å². The molecule has 1 saturated carbocycles. The number of nitrogens with one attached hydrogen (secondary N) is 1. The van der Waals surface area contributed by atoms with Gasteiger partial charge in [-0.05, 0) is 68.9 Å². The number of hydrogen-bond acceptors (Lipinski definition) is 9. The van der Waals surface area contributed by atoms with E-state index < -0.39 is 23.2 Å². The predicted octanol–water partition coefficient (Wildman–Crippen LogP) is 6.36. The smallest absolute Gasteiger partial charge is 0.416 e. The van der Waals surface area contributed by atoms with Gasteiger partial charge in [0.15, 0.2) is 17.3 Å². The Morgan fingerprint density at radius 3 is 2.43 bits per heavy atom. The van der Waals surface area contributed by atoms with Crippen molar-refractivity contribution in [2.45, 2.75) is 65.3 Å². The molecule has 2 aromatic carbocycles. The summed E-state index contributed by atoms with van der Waals surface area (Å²) in [5.74, 6) is -0.154. The summed E-state index contributed by atoms with van der Waals surface area (Å²) in [6.07, 6.45) is 2.82. The molecule has 1 saturated heterocycles. The molecule has 1 aliphatic carbocycles. The number of amides is 2. The van der Waals surface area contributed by atoms with Crippen molar-refractivity contribution in [3.05, 3.63) is 110 Å². The zero-order chi connectivity index (χ0) is 39.6. The molecule has 5 aromatic rings.